The predicted molar refractivity (Wildman–Crippen MR) is 140 cm³/mol. The molecule has 2 aromatic rings. The summed E-state index contributed by atoms with van der Waals surface area (Å²) < 4.78 is 12.0. The van der Waals surface area contributed by atoms with E-state index in [0.29, 0.717) is 27.3 Å². The molecular weight excluding hydrogens is 468 g/mol. The molecular formula is C26H28N2O4S2. The first-order valence-electron chi connectivity index (χ1n) is 11.4. The monoisotopic (exact) mass is 496 g/mol. The Kier molecular flexibility index (Phi) is 7.58. The van der Waals surface area contributed by atoms with Gasteiger partial charge in [-0.1, -0.05) is 36.1 Å². The number of rotatable bonds is 7. The number of nitrogens with zero attached hydrogens (tertiary/aromatic N) is 2. The highest BCUT2D eigenvalue weighted by molar-refractivity contribution is 8.27. The van der Waals surface area contributed by atoms with E-state index in [4.69, 9.17) is 21.7 Å². The lowest BCUT2D eigenvalue weighted by Gasteiger charge is -2.17. The zero-order valence-corrected chi connectivity index (χ0v) is 21.3. The number of benzene rings is 2. The predicted octanol–water partition coefficient (Wildman–Crippen LogP) is 5.11. The van der Waals surface area contributed by atoms with Gasteiger partial charge < -0.3 is 14.4 Å². The van der Waals surface area contributed by atoms with Gasteiger partial charge in [-0.2, -0.15) is 0 Å². The molecule has 0 saturated carbocycles. The molecule has 0 aromatic heterocycles. The van der Waals surface area contributed by atoms with Crippen molar-refractivity contribution in [3.63, 3.8) is 0 Å². The van der Waals surface area contributed by atoms with Crippen LogP contribution in [0.25, 0.3) is 6.08 Å². The van der Waals surface area contributed by atoms with E-state index in [2.05, 4.69) is 0 Å². The van der Waals surface area contributed by atoms with Crippen LogP contribution in [0, 0.1) is 13.8 Å². The second-order valence-corrected chi connectivity index (χ2v) is 9.98. The van der Waals surface area contributed by atoms with Crippen LogP contribution < -0.4 is 14.4 Å². The number of amides is 2. The van der Waals surface area contributed by atoms with Gasteiger partial charge in [-0.3, -0.25) is 14.5 Å². The maximum Gasteiger partial charge on any atom is 0.270 e. The fraction of sp³-hybridized carbons (Fsp3) is 0.346. The van der Waals surface area contributed by atoms with Gasteiger partial charge >= 0.3 is 0 Å². The molecule has 0 atom stereocenters. The largest absolute Gasteiger partial charge is 0.490 e. The number of aryl methyl sites for hydroxylation is 2. The average Bonchev–Trinajstić information content (AvgIpc) is 3.44. The number of thiocarbonyl (C=S) groups is 1. The molecule has 2 aliphatic heterocycles. The number of thioether (sulfide) groups is 1. The van der Waals surface area contributed by atoms with Gasteiger partial charge in [-0.05, 0) is 80.6 Å². The van der Waals surface area contributed by atoms with E-state index in [1.807, 2.05) is 62.1 Å². The SMILES string of the molecule is CCOc1cc(/C=C2\SC(=S)N(c3ccc(C)c(C)c3)C2=O)ccc1OCC(=O)N1CCCC1. The average molecular weight is 497 g/mol. The molecule has 4 rings (SSSR count). The summed E-state index contributed by atoms with van der Waals surface area (Å²) in [6, 6.07) is 11.3. The van der Waals surface area contributed by atoms with Crippen molar-refractivity contribution in [1.82, 2.24) is 4.90 Å². The van der Waals surface area contributed by atoms with Crippen LogP contribution in [0.4, 0.5) is 5.69 Å². The summed E-state index contributed by atoms with van der Waals surface area (Å²) in [4.78, 5) is 29.4. The zero-order chi connectivity index (χ0) is 24.2. The minimum absolute atomic E-state index is 0.0148. The fourth-order valence-electron chi connectivity index (χ4n) is 3.91. The molecule has 178 valence electrons. The maximum atomic E-state index is 13.1. The molecule has 2 aromatic carbocycles. The van der Waals surface area contributed by atoms with Crippen molar-refractivity contribution in [3.8, 4) is 11.5 Å². The lowest BCUT2D eigenvalue weighted by atomic mass is 10.1. The first-order valence-corrected chi connectivity index (χ1v) is 12.6. The van der Waals surface area contributed by atoms with Crippen LogP contribution in [0.2, 0.25) is 0 Å². The summed E-state index contributed by atoms with van der Waals surface area (Å²) in [5.74, 6) is 0.885. The Morgan fingerprint density at radius 1 is 1.06 bits per heavy atom. The minimum Gasteiger partial charge on any atom is -0.490 e. The second kappa shape index (κ2) is 10.6. The number of hydrogen-bond acceptors (Lipinski definition) is 6. The van der Waals surface area contributed by atoms with E-state index in [-0.39, 0.29) is 18.4 Å². The molecule has 2 amide bonds. The fourth-order valence-corrected chi connectivity index (χ4v) is 5.20. The molecule has 0 unspecified atom stereocenters. The Labute approximate surface area is 209 Å². The van der Waals surface area contributed by atoms with Crippen LogP contribution in [-0.4, -0.2) is 47.3 Å². The number of anilines is 1. The van der Waals surface area contributed by atoms with Crippen LogP contribution >= 0.6 is 24.0 Å². The Bertz CT molecular complexity index is 1160. The summed E-state index contributed by atoms with van der Waals surface area (Å²) in [6.45, 7) is 7.96. The van der Waals surface area contributed by atoms with Crippen LogP contribution in [0.15, 0.2) is 41.3 Å². The first kappa shape index (κ1) is 24.3. The summed E-state index contributed by atoms with van der Waals surface area (Å²) in [5.41, 5.74) is 3.84. The third kappa shape index (κ3) is 5.28. The van der Waals surface area contributed by atoms with Crippen LogP contribution in [0.5, 0.6) is 11.5 Å². The second-order valence-electron chi connectivity index (χ2n) is 8.30. The van der Waals surface area contributed by atoms with Gasteiger partial charge in [-0.25, -0.2) is 0 Å². The van der Waals surface area contributed by atoms with E-state index in [0.717, 1.165) is 48.3 Å². The van der Waals surface area contributed by atoms with Gasteiger partial charge in [0.1, 0.15) is 0 Å². The highest BCUT2D eigenvalue weighted by atomic mass is 32.2. The van der Waals surface area contributed by atoms with E-state index in [1.165, 1.54) is 11.8 Å². The van der Waals surface area contributed by atoms with Crippen molar-refractivity contribution in [2.45, 2.75) is 33.6 Å². The molecule has 2 fully saturated rings. The molecule has 0 aliphatic carbocycles. The van der Waals surface area contributed by atoms with Gasteiger partial charge in [0, 0.05) is 13.1 Å². The van der Waals surface area contributed by atoms with E-state index >= 15 is 0 Å². The van der Waals surface area contributed by atoms with Crippen molar-refractivity contribution in [2.75, 3.05) is 31.2 Å². The summed E-state index contributed by atoms with van der Waals surface area (Å²) in [6.07, 6.45) is 3.89. The Morgan fingerprint density at radius 3 is 2.53 bits per heavy atom. The molecule has 6 nitrogen and oxygen atoms in total. The molecule has 8 heteroatoms. The third-order valence-electron chi connectivity index (χ3n) is 5.92. The van der Waals surface area contributed by atoms with Gasteiger partial charge in [0.2, 0.25) is 0 Å². The number of ether oxygens (including phenoxy) is 2. The van der Waals surface area contributed by atoms with Crippen molar-refractivity contribution < 1.29 is 19.1 Å². The quantitative estimate of drug-likeness (QED) is 0.392. The minimum atomic E-state index is -0.146. The van der Waals surface area contributed by atoms with Gasteiger partial charge in [-0.15, -0.1) is 0 Å². The Hall–Kier alpha value is -2.84. The number of carbonyl (C=O) groups is 2. The van der Waals surface area contributed by atoms with Crippen molar-refractivity contribution >= 4 is 51.9 Å². The molecule has 0 spiro atoms. The van der Waals surface area contributed by atoms with Gasteiger partial charge in [0.15, 0.2) is 22.4 Å². The summed E-state index contributed by atoms with van der Waals surface area (Å²) in [7, 11) is 0. The summed E-state index contributed by atoms with van der Waals surface area (Å²) in [5, 5.41) is 0. The molecule has 2 heterocycles. The number of hydrogen-bond donors (Lipinski definition) is 0. The normalized spacial score (nSPS) is 17.1. The molecule has 34 heavy (non-hydrogen) atoms. The highest BCUT2D eigenvalue weighted by Crippen LogP contribution is 2.37. The first-order chi connectivity index (χ1) is 16.4. The molecule has 2 saturated heterocycles. The zero-order valence-electron chi connectivity index (χ0n) is 19.6. The van der Waals surface area contributed by atoms with Crippen LogP contribution in [0.3, 0.4) is 0 Å². The van der Waals surface area contributed by atoms with Crippen molar-refractivity contribution in [1.29, 1.82) is 0 Å². The van der Waals surface area contributed by atoms with Crippen LogP contribution in [-0.2, 0) is 9.59 Å². The smallest absolute Gasteiger partial charge is 0.270 e. The lowest BCUT2D eigenvalue weighted by Crippen LogP contribution is -2.32. The van der Waals surface area contributed by atoms with Crippen molar-refractivity contribution in [2.24, 2.45) is 0 Å². The van der Waals surface area contributed by atoms with Crippen LogP contribution in [0.1, 0.15) is 36.5 Å². The van der Waals surface area contributed by atoms with E-state index in [9.17, 15) is 9.59 Å². The van der Waals surface area contributed by atoms with Crippen molar-refractivity contribution in [3.05, 3.63) is 58.0 Å². The number of likely N-dealkylation sites (tertiary alicyclic amines) is 1. The van der Waals surface area contributed by atoms with Gasteiger partial charge in [0.05, 0.1) is 17.2 Å². The molecule has 0 N–H and O–H groups in total. The third-order valence-corrected chi connectivity index (χ3v) is 7.22. The maximum absolute atomic E-state index is 13.1. The van der Waals surface area contributed by atoms with Gasteiger partial charge in [0.25, 0.3) is 11.8 Å². The lowest BCUT2D eigenvalue weighted by molar-refractivity contribution is -0.132. The molecule has 0 radical (unpaired) electrons. The Morgan fingerprint density at radius 2 is 1.82 bits per heavy atom. The molecule has 2 aliphatic rings. The van der Waals surface area contributed by atoms with E-state index in [1.54, 1.807) is 11.0 Å². The number of carbonyl (C=O) groups excluding carboxylic acids is 2. The summed E-state index contributed by atoms with van der Waals surface area (Å²) >= 11 is 6.79. The Balaban J connectivity index is 1.52. The van der Waals surface area contributed by atoms with E-state index < -0.39 is 0 Å². The standard InChI is InChI=1S/C26H28N2O4S2/c1-4-31-22-14-19(8-10-21(22)32-16-24(29)27-11-5-6-12-27)15-23-25(30)28(26(33)34-23)20-9-7-17(2)18(3)13-20/h7-10,13-15H,4-6,11-12,16H2,1-3H3/b23-15-. The topological polar surface area (TPSA) is 59.1 Å². The molecule has 0 bridgehead atoms. The highest BCUT2D eigenvalue weighted by Gasteiger charge is 2.33.